The first kappa shape index (κ1) is 18.4. The summed E-state index contributed by atoms with van der Waals surface area (Å²) in [5, 5.41) is 9.38. The van der Waals surface area contributed by atoms with E-state index < -0.39 is 38.4 Å². The molecule has 8 nitrogen and oxygen atoms in total. The average Bonchev–Trinajstić information content (AvgIpc) is 2.98. The third-order valence-corrected chi connectivity index (χ3v) is 5.20. The Kier molecular flexibility index (Phi) is 4.58. The van der Waals surface area contributed by atoms with Crippen molar-refractivity contribution in [3.05, 3.63) is 59.5 Å². The molecule has 140 valence electrons. The molecule has 0 aliphatic carbocycles. The molecule has 3 aromatic rings. The predicted molar refractivity (Wildman–Crippen MR) is 93.8 cm³/mol. The molecule has 0 saturated heterocycles. The number of methoxy groups -OCH3 is 1. The summed E-state index contributed by atoms with van der Waals surface area (Å²) in [4.78, 5) is 25.5. The Morgan fingerprint density at radius 2 is 1.89 bits per heavy atom. The zero-order valence-electron chi connectivity index (χ0n) is 13.8. The number of aromatic nitrogens is 1. The van der Waals surface area contributed by atoms with Crippen LogP contribution in [0.1, 0.15) is 20.8 Å². The summed E-state index contributed by atoms with van der Waals surface area (Å²) in [7, 11) is -3.28. The molecule has 3 N–H and O–H groups in total. The standard InChI is InChI=1S/C17H13FN2O6S/c1-26-17(23)10-4-2-3-5-13(10)27(24,25)20-14-11-8-9(18)6-7-12(11)19-15(14)16(21)22/h2-8,19-20H,1H3,(H,21,22). The lowest BCUT2D eigenvalue weighted by Gasteiger charge is -2.11. The number of fused-ring (bicyclic) bond motifs is 1. The fourth-order valence-corrected chi connectivity index (χ4v) is 3.89. The summed E-state index contributed by atoms with van der Waals surface area (Å²) in [6, 6.07) is 8.68. The van der Waals surface area contributed by atoms with Crippen molar-refractivity contribution < 1.29 is 32.2 Å². The van der Waals surface area contributed by atoms with Crippen LogP contribution in [0.2, 0.25) is 0 Å². The summed E-state index contributed by atoms with van der Waals surface area (Å²) in [6.07, 6.45) is 0. The van der Waals surface area contributed by atoms with Gasteiger partial charge in [-0.15, -0.1) is 0 Å². The Hall–Kier alpha value is -3.40. The fourth-order valence-electron chi connectivity index (χ4n) is 2.60. The molecule has 0 saturated carbocycles. The third kappa shape index (κ3) is 3.34. The predicted octanol–water partition coefficient (Wildman–Crippen LogP) is 2.59. The number of benzene rings is 2. The first-order chi connectivity index (χ1) is 12.7. The van der Waals surface area contributed by atoms with Gasteiger partial charge >= 0.3 is 11.9 Å². The van der Waals surface area contributed by atoms with Gasteiger partial charge in [0.25, 0.3) is 10.0 Å². The van der Waals surface area contributed by atoms with Crippen LogP contribution in [0.5, 0.6) is 0 Å². The molecular weight excluding hydrogens is 379 g/mol. The van der Waals surface area contributed by atoms with E-state index in [-0.39, 0.29) is 22.2 Å². The molecule has 10 heteroatoms. The van der Waals surface area contributed by atoms with Crippen molar-refractivity contribution in [1.29, 1.82) is 0 Å². The molecule has 0 spiro atoms. The molecule has 0 radical (unpaired) electrons. The van der Waals surface area contributed by atoms with Gasteiger partial charge in [0, 0.05) is 10.9 Å². The quantitative estimate of drug-likeness (QED) is 0.573. The smallest absolute Gasteiger partial charge is 0.354 e. The van der Waals surface area contributed by atoms with E-state index in [2.05, 4.69) is 14.4 Å². The maximum Gasteiger partial charge on any atom is 0.354 e. The van der Waals surface area contributed by atoms with Crippen LogP contribution >= 0.6 is 0 Å². The number of carboxylic acids is 1. The maximum atomic E-state index is 13.6. The van der Waals surface area contributed by atoms with Crippen LogP contribution in [0.3, 0.4) is 0 Å². The van der Waals surface area contributed by atoms with Gasteiger partial charge < -0.3 is 14.8 Å². The second-order valence-electron chi connectivity index (χ2n) is 5.46. The van der Waals surface area contributed by atoms with Crippen molar-refractivity contribution in [3.8, 4) is 0 Å². The van der Waals surface area contributed by atoms with Crippen molar-refractivity contribution in [2.24, 2.45) is 0 Å². The van der Waals surface area contributed by atoms with E-state index in [4.69, 9.17) is 0 Å². The van der Waals surface area contributed by atoms with Gasteiger partial charge in [0.05, 0.1) is 18.4 Å². The first-order valence-corrected chi connectivity index (χ1v) is 8.97. The van der Waals surface area contributed by atoms with Crippen LogP contribution in [0.25, 0.3) is 10.9 Å². The third-order valence-electron chi connectivity index (χ3n) is 3.79. The molecule has 0 aliphatic rings. The highest BCUT2D eigenvalue weighted by molar-refractivity contribution is 7.92. The zero-order valence-corrected chi connectivity index (χ0v) is 14.6. The lowest BCUT2D eigenvalue weighted by Crippen LogP contribution is -2.18. The van der Waals surface area contributed by atoms with Crippen LogP contribution in [-0.2, 0) is 14.8 Å². The van der Waals surface area contributed by atoms with Crippen LogP contribution in [0.15, 0.2) is 47.4 Å². The number of sulfonamides is 1. The molecule has 0 bridgehead atoms. The van der Waals surface area contributed by atoms with Crippen LogP contribution < -0.4 is 4.72 Å². The average molecular weight is 392 g/mol. The van der Waals surface area contributed by atoms with E-state index in [0.717, 1.165) is 19.2 Å². The van der Waals surface area contributed by atoms with Crippen LogP contribution in [0, 0.1) is 5.82 Å². The number of rotatable bonds is 5. The molecule has 0 unspecified atom stereocenters. The summed E-state index contributed by atoms with van der Waals surface area (Å²) in [5.41, 5.74) is -0.797. The topological polar surface area (TPSA) is 126 Å². The number of carbonyl (C=O) groups excluding carboxylic acids is 1. The Bertz CT molecular complexity index is 1170. The first-order valence-electron chi connectivity index (χ1n) is 7.49. The monoisotopic (exact) mass is 392 g/mol. The van der Waals surface area contributed by atoms with E-state index in [9.17, 15) is 27.5 Å². The molecule has 0 fully saturated rings. The molecule has 1 heterocycles. The van der Waals surface area contributed by atoms with E-state index >= 15 is 0 Å². The maximum absolute atomic E-state index is 13.6. The molecule has 0 amide bonds. The number of aromatic carboxylic acids is 1. The van der Waals surface area contributed by atoms with E-state index in [1.807, 2.05) is 0 Å². The molecule has 3 rings (SSSR count). The normalized spacial score (nSPS) is 11.3. The van der Waals surface area contributed by atoms with Crippen molar-refractivity contribution in [2.75, 3.05) is 11.8 Å². The molecule has 27 heavy (non-hydrogen) atoms. The summed E-state index contributed by atoms with van der Waals surface area (Å²) < 4.78 is 46.0. The Balaban J connectivity index is 2.18. The molecule has 2 aromatic carbocycles. The number of H-pyrrole nitrogens is 1. The number of halogens is 1. The molecule has 1 aromatic heterocycles. The Morgan fingerprint density at radius 3 is 2.56 bits per heavy atom. The highest BCUT2D eigenvalue weighted by Crippen LogP contribution is 2.31. The number of carboxylic acid groups (broad SMARTS) is 1. The van der Waals surface area contributed by atoms with E-state index in [1.165, 1.54) is 30.3 Å². The van der Waals surface area contributed by atoms with Gasteiger partial charge in [-0.3, -0.25) is 4.72 Å². The Labute approximate surface area is 152 Å². The van der Waals surface area contributed by atoms with Gasteiger partial charge in [-0.1, -0.05) is 12.1 Å². The van der Waals surface area contributed by atoms with Crippen LogP contribution in [-0.4, -0.2) is 37.6 Å². The second-order valence-corrected chi connectivity index (χ2v) is 7.11. The summed E-state index contributed by atoms with van der Waals surface area (Å²) >= 11 is 0. The van der Waals surface area contributed by atoms with Gasteiger partial charge in [0.2, 0.25) is 0 Å². The number of aromatic amines is 1. The van der Waals surface area contributed by atoms with Gasteiger partial charge in [-0.2, -0.15) is 0 Å². The van der Waals surface area contributed by atoms with Gasteiger partial charge in [-0.05, 0) is 30.3 Å². The van der Waals surface area contributed by atoms with Crippen molar-refractivity contribution in [3.63, 3.8) is 0 Å². The highest BCUT2D eigenvalue weighted by atomic mass is 32.2. The number of ether oxygens (including phenoxy) is 1. The molecular formula is C17H13FN2O6S. The fraction of sp³-hybridized carbons (Fsp3) is 0.0588. The minimum atomic E-state index is -4.39. The Morgan fingerprint density at radius 1 is 1.19 bits per heavy atom. The van der Waals surface area contributed by atoms with Gasteiger partial charge in [-0.25, -0.2) is 22.4 Å². The highest BCUT2D eigenvalue weighted by Gasteiger charge is 2.27. The minimum Gasteiger partial charge on any atom is -0.477 e. The lowest BCUT2D eigenvalue weighted by molar-refractivity contribution is 0.0595. The van der Waals surface area contributed by atoms with Crippen molar-refractivity contribution in [2.45, 2.75) is 4.90 Å². The van der Waals surface area contributed by atoms with E-state index in [0.29, 0.717) is 0 Å². The number of hydrogen-bond acceptors (Lipinski definition) is 5. The second kappa shape index (κ2) is 6.72. The molecule has 0 atom stereocenters. The SMILES string of the molecule is COC(=O)c1ccccc1S(=O)(=O)Nc1c(C(=O)O)[nH]c2ccc(F)cc12. The largest absolute Gasteiger partial charge is 0.477 e. The van der Waals surface area contributed by atoms with Gasteiger partial charge in [0.1, 0.15) is 16.4 Å². The number of nitrogens with one attached hydrogen (secondary N) is 2. The zero-order chi connectivity index (χ0) is 19.8. The lowest BCUT2D eigenvalue weighted by atomic mass is 10.2. The number of anilines is 1. The number of hydrogen-bond donors (Lipinski definition) is 3. The number of carbonyl (C=O) groups is 2. The van der Waals surface area contributed by atoms with E-state index in [1.54, 1.807) is 0 Å². The molecule has 0 aliphatic heterocycles. The van der Waals surface area contributed by atoms with Crippen molar-refractivity contribution >= 4 is 38.6 Å². The van der Waals surface area contributed by atoms with Crippen molar-refractivity contribution in [1.82, 2.24) is 4.98 Å². The van der Waals surface area contributed by atoms with Crippen LogP contribution in [0.4, 0.5) is 10.1 Å². The summed E-state index contributed by atoms with van der Waals surface area (Å²) in [5.74, 6) is -2.99. The van der Waals surface area contributed by atoms with Gasteiger partial charge in [0.15, 0.2) is 0 Å². The minimum absolute atomic E-state index is 0.0338. The number of esters is 1. The summed E-state index contributed by atoms with van der Waals surface area (Å²) in [6.45, 7) is 0.